The fraction of sp³-hybridized carbons (Fsp3) is 0.421. The third-order valence-corrected chi connectivity index (χ3v) is 4.44. The molecule has 0 bridgehead atoms. The van der Waals surface area contributed by atoms with Crippen LogP contribution in [0.15, 0.2) is 24.3 Å². The molecule has 1 aromatic carbocycles. The van der Waals surface area contributed by atoms with Crippen molar-refractivity contribution in [3.63, 3.8) is 0 Å². The van der Waals surface area contributed by atoms with Gasteiger partial charge in [0, 0.05) is 23.0 Å². The van der Waals surface area contributed by atoms with Crippen LogP contribution in [-0.2, 0) is 36.7 Å². The first-order valence-electron chi connectivity index (χ1n) is 8.54. The van der Waals surface area contributed by atoms with E-state index in [2.05, 4.69) is 0 Å². The minimum Gasteiger partial charge on any atom is -0.466 e. The molecular formula is C19H21NO5. The molecule has 25 heavy (non-hydrogen) atoms. The first-order valence-corrected chi connectivity index (χ1v) is 8.54. The van der Waals surface area contributed by atoms with Crippen molar-refractivity contribution < 1.29 is 23.9 Å². The second kappa shape index (κ2) is 7.09. The number of hydrogen-bond donors (Lipinski definition) is 0. The molecule has 1 aromatic heterocycles. The smallest absolute Gasteiger partial charge is 0.336 e. The van der Waals surface area contributed by atoms with E-state index in [1.165, 1.54) is 0 Å². The van der Waals surface area contributed by atoms with Crippen molar-refractivity contribution in [2.24, 2.45) is 0 Å². The monoisotopic (exact) mass is 343 g/mol. The van der Waals surface area contributed by atoms with Gasteiger partial charge in [0.05, 0.1) is 19.6 Å². The molecular weight excluding hydrogens is 322 g/mol. The zero-order chi connectivity index (χ0) is 18.0. The Morgan fingerprint density at radius 2 is 1.84 bits per heavy atom. The number of Topliss-reactive ketones (excluding diaryl/α,β-unsaturated/α-hetero) is 1. The fourth-order valence-electron chi connectivity index (χ4n) is 3.49. The predicted molar refractivity (Wildman–Crippen MR) is 91.3 cm³/mol. The molecule has 6 heteroatoms. The summed E-state index contributed by atoms with van der Waals surface area (Å²) in [5.74, 6) is -1.02. The van der Waals surface area contributed by atoms with E-state index in [1.54, 1.807) is 18.4 Å². The van der Waals surface area contributed by atoms with Crippen LogP contribution in [0.1, 0.15) is 37.6 Å². The molecule has 0 radical (unpaired) electrons. The molecule has 1 unspecified atom stereocenters. The second-order valence-electron chi connectivity index (χ2n) is 5.92. The maximum Gasteiger partial charge on any atom is 0.336 e. The predicted octanol–water partition coefficient (Wildman–Crippen LogP) is 2.37. The maximum absolute atomic E-state index is 12.4. The maximum atomic E-state index is 12.4. The Bertz CT molecular complexity index is 836. The number of carbonyl (C=O) groups is 3. The van der Waals surface area contributed by atoms with Gasteiger partial charge in [-0.2, -0.15) is 0 Å². The lowest BCUT2D eigenvalue weighted by molar-refractivity contribution is -0.151. The minimum absolute atomic E-state index is 0.125. The number of fused-ring (bicyclic) bond motifs is 3. The van der Waals surface area contributed by atoms with Crippen LogP contribution in [0.25, 0.3) is 10.9 Å². The van der Waals surface area contributed by atoms with E-state index in [4.69, 9.17) is 9.47 Å². The number of para-hydroxylation sites is 1. The Balaban J connectivity index is 2.16. The van der Waals surface area contributed by atoms with Gasteiger partial charge in [-0.05, 0) is 31.9 Å². The van der Waals surface area contributed by atoms with Gasteiger partial charge in [-0.1, -0.05) is 18.2 Å². The van der Waals surface area contributed by atoms with Gasteiger partial charge in [0.25, 0.3) is 0 Å². The summed E-state index contributed by atoms with van der Waals surface area (Å²) in [5, 5.41) is 0.870. The van der Waals surface area contributed by atoms with Crippen molar-refractivity contribution in [2.75, 3.05) is 13.2 Å². The van der Waals surface area contributed by atoms with Gasteiger partial charge in [-0.15, -0.1) is 0 Å². The topological polar surface area (TPSA) is 74.6 Å². The van der Waals surface area contributed by atoms with E-state index in [0.29, 0.717) is 13.0 Å². The Morgan fingerprint density at radius 1 is 1.12 bits per heavy atom. The van der Waals surface area contributed by atoms with Gasteiger partial charge in [0.15, 0.2) is 11.8 Å². The molecule has 0 N–H and O–H groups in total. The van der Waals surface area contributed by atoms with Gasteiger partial charge in [-0.3, -0.25) is 9.59 Å². The Labute approximate surface area is 145 Å². The summed E-state index contributed by atoms with van der Waals surface area (Å²) >= 11 is 0. The number of ether oxygens (including phenoxy) is 2. The normalized spacial score (nSPS) is 16.6. The summed E-state index contributed by atoms with van der Waals surface area (Å²) in [6, 6.07) is 6.51. The Kier molecular flexibility index (Phi) is 4.88. The van der Waals surface area contributed by atoms with Crippen LogP contribution in [0.4, 0.5) is 0 Å². The molecule has 2 aromatic rings. The molecule has 132 valence electrons. The first-order chi connectivity index (χ1) is 12.1. The lowest BCUT2D eigenvalue weighted by Crippen LogP contribution is -2.34. The van der Waals surface area contributed by atoms with Crippen LogP contribution in [0, 0.1) is 0 Å². The van der Waals surface area contributed by atoms with E-state index in [-0.39, 0.29) is 31.2 Å². The molecule has 1 atom stereocenters. The van der Waals surface area contributed by atoms with Crippen LogP contribution in [0.5, 0.6) is 0 Å². The van der Waals surface area contributed by atoms with Crippen molar-refractivity contribution in [3.8, 4) is 0 Å². The Hall–Kier alpha value is -2.63. The average Bonchev–Trinajstić information content (AvgIpc) is 2.89. The number of ketones is 1. The quantitative estimate of drug-likeness (QED) is 0.615. The van der Waals surface area contributed by atoms with Crippen molar-refractivity contribution in [1.82, 2.24) is 4.57 Å². The lowest BCUT2D eigenvalue weighted by Gasteiger charge is -2.25. The van der Waals surface area contributed by atoms with Gasteiger partial charge in [0.2, 0.25) is 0 Å². The number of carbonyl (C=O) groups excluding carboxylic acids is 3. The summed E-state index contributed by atoms with van der Waals surface area (Å²) in [7, 11) is 0. The van der Waals surface area contributed by atoms with Crippen molar-refractivity contribution in [3.05, 3.63) is 35.5 Å². The highest BCUT2D eigenvalue weighted by atomic mass is 16.5. The molecule has 2 heterocycles. The third kappa shape index (κ3) is 3.04. The molecule has 3 rings (SSSR count). The number of hydrogen-bond acceptors (Lipinski definition) is 5. The molecule has 0 fully saturated rings. The van der Waals surface area contributed by atoms with Crippen molar-refractivity contribution >= 4 is 28.6 Å². The first kappa shape index (κ1) is 17.2. The molecule has 0 saturated heterocycles. The van der Waals surface area contributed by atoms with E-state index >= 15 is 0 Å². The highest BCUT2D eigenvalue weighted by Crippen LogP contribution is 2.35. The van der Waals surface area contributed by atoms with Crippen LogP contribution in [0.3, 0.4) is 0 Å². The fourth-order valence-corrected chi connectivity index (χ4v) is 3.49. The summed E-state index contributed by atoms with van der Waals surface area (Å²) < 4.78 is 11.9. The molecule has 1 aliphatic rings. The van der Waals surface area contributed by atoms with Crippen molar-refractivity contribution in [2.45, 2.75) is 39.2 Å². The average molecular weight is 343 g/mol. The zero-order valence-corrected chi connectivity index (χ0v) is 14.4. The van der Waals surface area contributed by atoms with Crippen LogP contribution < -0.4 is 0 Å². The van der Waals surface area contributed by atoms with Crippen molar-refractivity contribution in [1.29, 1.82) is 0 Å². The van der Waals surface area contributed by atoms with Crippen LogP contribution >= 0.6 is 0 Å². The minimum atomic E-state index is -0.982. The van der Waals surface area contributed by atoms with E-state index < -0.39 is 12.0 Å². The molecule has 0 spiro atoms. The Morgan fingerprint density at radius 3 is 2.56 bits per heavy atom. The second-order valence-corrected chi connectivity index (χ2v) is 5.92. The summed E-state index contributed by atoms with van der Waals surface area (Å²) in [5.41, 5.74) is 2.44. The van der Waals surface area contributed by atoms with Gasteiger partial charge >= 0.3 is 11.9 Å². The van der Waals surface area contributed by atoms with Crippen LogP contribution in [-0.4, -0.2) is 35.5 Å². The van der Waals surface area contributed by atoms with E-state index in [1.807, 2.05) is 24.3 Å². The summed E-state index contributed by atoms with van der Waals surface area (Å²) in [6.45, 7) is 4.01. The number of esters is 2. The molecule has 6 nitrogen and oxygen atoms in total. The van der Waals surface area contributed by atoms with Gasteiger partial charge in [0.1, 0.15) is 0 Å². The summed E-state index contributed by atoms with van der Waals surface area (Å²) in [4.78, 5) is 36.9. The lowest BCUT2D eigenvalue weighted by atomic mass is 9.98. The number of rotatable bonds is 5. The number of benzene rings is 1. The highest BCUT2D eigenvalue weighted by Gasteiger charge is 2.37. The number of aromatic nitrogens is 1. The molecule has 0 aliphatic carbocycles. The SMILES string of the molecule is CCOC(=O)Cc1c2n(c3ccccc13)C(C(=O)OCC)C(=O)CC2. The largest absolute Gasteiger partial charge is 0.466 e. The van der Waals surface area contributed by atoms with Crippen LogP contribution in [0.2, 0.25) is 0 Å². The molecule has 0 amide bonds. The standard InChI is InChI=1S/C19H21NO5/c1-3-24-17(22)11-13-12-7-5-6-8-14(12)20-15(13)9-10-16(21)18(20)19(23)25-4-2/h5-8,18H,3-4,9-11H2,1-2H3. The highest BCUT2D eigenvalue weighted by molar-refractivity contribution is 6.04. The van der Waals surface area contributed by atoms with Gasteiger partial charge < -0.3 is 14.0 Å². The number of nitrogens with zero attached hydrogens (tertiary/aromatic N) is 1. The molecule has 0 saturated carbocycles. The third-order valence-electron chi connectivity index (χ3n) is 4.44. The summed E-state index contributed by atoms with van der Waals surface area (Å²) in [6.07, 6.45) is 0.883. The van der Waals surface area contributed by atoms with E-state index in [9.17, 15) is 14.4 Å². The van der Waals surface area contributed by atoms with E-state index in [0.717, 1.165) is 22.2 Å². The molecule has 1 aliphatic heterocycles. The van der Waals surface area contributed by atoms with Gasteiger partial charge in [-0.25, -0.2) is 4.79 Å². The zero-order valence-electron chi connectivity index (χ0n) is 14.4.